The molecule has 144 valence electrons. The molecule has 0 fully saturated rings. The molecule has 3 heterocycles. The van der Waals surface area contributed by atoms with Gasteiger partial charge in [0.15, 0.2) is 10.1 Å². The van der Waals surface area contributed by atoms with E-state index in [-0.39, 0.29) is 5.91 Å². The minimum absolute atomic E-state index is 0.171. The average Bonchev–Trinajstić information content (AvgIpc) is 3.45. The highest BCUT2D eigenvalue weighted by atomic mass is 32.1. The molecule has 0 unspecified atom stereocenters. The number of benzene rings is 2. The van der Waals surface area contributed by atoms with Gasteiger partial charge in [-0.1, -0.05) is 23.5 Å². The molecule has 0 aliphatic rings. The molecule has 29 heavy (non-hydrogen) atoms. The first-order valence-corrected chi connectivity index (χ1v) is 10.8. The van der Waals surface area contributed by atoms with Crippen LogP contribution in [-0.2, 0) is 6.54 Å². The lowest BCUT2D eigenvalue weighted by molar-refractivity contribution is 0.0983. The number of furan rings is 1. The van der Waals surface area contributed by atoms with E-state index < -0.39 is 0 Å². The second kappa shape index (κ2) is 7.09. The van der Waals surface area contributed by atoms with Crippen molar-refractivity contribution >= 4 is 54.1 Å². The second-order valence-electron chi connectivity index (χ2n) is 6.86. The van der Waals surface area contributed by atoms with Gasteiger partial charge in [0.1, 0.15) is 5.76 Å². The third-order valence-electron chi connectivity index (χ3n) is 4.84. The zero-order valence-electron chi connectivity index (χ0n) is 15.9. The maximum atomic E-state index is 13.5. The molecule has 0 atom stereocenters. The molecule has 5 aromatic rings. The molecule has 0 spiro atoms. The van der Waals surface area contributed by atoms with Crippen molar-refractivity contribution in [3.63, 3.8) is 0 Å². The first-order valence-electron chi connectivity index (χ1n) is 9.16. The van der Waals surface area contributed by atoms with E-state index in [2.05, 4.69) is 31.0 Å². The fourth-order valence-electron chi connectivity index (χ4n) is 3.15. The molecule has 0 aliphatic carbocycles. The Morgan fingerprint density at radius 2 is 1.79 bits per heavy atom. The van der Waals surface area contributed by atoms with Gasteiger partial charge < -0.3 is 4.42 Å². The molecule has 0 saturated carbocycles. The molecule has 5 rings (SSSR count). The quantitative estimate of drug-likeness (QED) is 0.360. The number of aromatic nitrogens is 2. The molecule has 5 nitrogen and oxygen atoms in total. The molecule has 0 radical (unpaired) electrons. The number of aryl methyl sites for hydroxylation is 2. The van der Waals surface area contributed by atoms with E-state index in [1.807, 2.05) is 36.4 Å². The minimum atomic E-state index is -0.171. The number of anilines is 1. The van der Waals surface area contributed by atoms with E-state index in [0.29, 0.717) is 22.4 Å². The van der Waals surface area contributed by atoms with Crippen LogP contribution < -0.4 is 4.90 Å². The first-order chi connectivity index (χ1) is 14.1. The Morgan fingerprint density at radius 3 is 2.59 bits per heavy atom. The Labute approximate surface area is 175 Å². The molecule has 1 amide bonds. The topological polar surface area (TPSA) is 59.2 Å². The van der Waals surface area contributed by atoms with Gasteiger partial charge in [-0.25, -0.2) is 9.97 Å². The van der Waals surface area contributed by atoms with Gasteiger partial charge in [0.25, 0.3) is 5.91 Å². The molecule has 0 N–H and O–H groups in total. The molecule has 0 aliphatic heterocycles. The summed E-state index contributed by atoms with van der Waals surface area (Å²) in [5.41, 5.74) is 4.12. The first kappa shape index (κ1) is 18.0. The van der Waals surface area contributed by atoms with Crippen LogP contribution in [0.15, 0.2) is 59.2 Å². The standard InChI is InChI=1S/C22H17N3O2S2/c1-13-10-17-19(11-14(13)2)29-22(24-17)25(12-15-6-5-9-27-15)21(26)20-23-16-7-3-4-8-18(16)28-20/h3-11H,12H2,1-2H3. The molecule has 3 aromatic heterocycles. The summed E-state index contributed by atoms with van der Waals surface area (Å²) in [7, 11) is 0. The maximum Gasteiger partial charge on any atom is 0.289 e. The van der Waals surface area contributed by atoms with Crippen molar-refractivity contribution in [3.05, 3.63) is 76.7 Å². The van der Waals surface area contributed by atoms with Crippen LogP contribution >= 0.6 is 22.7 Å². The predicted molar refractivity (Wildman–Crippen MR) is 118 cm³/mol. The number of carbonyl (C=O) groups is 1. The number of hydrogen-bond acceptors (Lipinski definition) is 6. The SMILES string of the molecule is Cc1cc2nc(N(Cc3ccco3)C(=O)c3nc4ccccc4s3)sc2cc1C. The fourth-order valence-corrected chi connectivity index (χ4v) is 5.10. The second-order valence-corrected chi connectivity index (χ2v) is 8.90. The fraction of sp³-hybridized carbons (Fsp3) is 0.136. The van der Waals surface area contributed by atoms with Crippen LogP contribution in [0, 0.1) is 13.8 Å². The van der Waals surface area contributed by atoms with Crippen molar-refractivity contribution in [2.75, 3.05) is 4.90 Å². The number of carbonyl (C=O) groups excluding carboxylic acids is 1. The van der Waals surface area contributed by atoms with Crippen molar-refractivity contribution in [3.8, 4) is 0 Å². The Bertz CT molecular complexity index is 1260. The number of para-hydroxylation sites is 1. The summed E-state index contributed by atoms with van der Waals surface area (Å²) in [6.07, 6.45) is 1.61. The number of amides is 1. The van der Waals surface area contributed by atoms with Crippen LogP contribution in [0.25, 0.3) is 20.4 Å². The van der Waals surface area contributed by atoms with Crippen LogP contribution in [0.2, 0.25) is 0 Å². The van der Waals surface area contributed by atoms with Gasteiger partial charge in [0, 0.05) is 0 Å². The lowest BCUT2D eigenvalue weighted by Crippen LogP contribution is -2.30. The average molecular weight is 420 g/mol. The third kappa shape index (κ3) is 3.32. The number of hydrogen-bond donors (Lipinski definition) is 0. The number of fused-ring (bicyclic) bond motifs is 2. The normalized spacial score (nSPS) is 11.4. The molecule has 0 bridgehead atoms. The zero-order valence-corrected chi connectivity index (χ0v) is 17.5. The van der Waals surface area contributed by atoms with Crippen molar-refractivity contribution in [1.29, 1.82) is 0 Å². The smallest absolute Gasteiger partial charge is 0.289 e. The Balaban J connectivity index is 1.60. The molecule has 0 saturated heterocycles. The van der Waals surface area contributed by atoms with E-state index in [9.17, 15) is 4.79 Å². The highest BCUT2D eigenvalue weighted by Gasteiger charge is 2.25. The van der Waals surface area contributed by atoms with E-state index in [1.54, 1.807) is 11.2 Å². The van der Waals surface area contributed by atoms with Gasteiger partial charge in [-0.2, -0.15) is 0 Å². The summed E-state index contributed by atoms with van der Waals surface area (Å²) < 4.78 is 7.56. The van der Waals surface area contributed by atoms with E-state index in [4.69, 9.17) is 9.40 Å². The third-order valence-corrected chi connectivity index (χ3v) is 6.91. The number of thiazole rings is 2. The Kier molecular flexibility index (Phi) is 4.41. The van der Waals surface area contributed by atoms with Gasteiger partial charge in [-0.15, -0.1) is 11.3 Å². The minimum Gasteiger partial charge on any atom is -0.467 e. The molecule has 7 heteroatoms. The lowest BCUT2D eigenvalue weighted by atomic mass is 10.1. The highest BCUT2D eigenvalue weighted by molar-refractivity contribution is 7.23. The van der Waals surface area contributed by atoms with Crippen LogP contribution in [0.4, 0.5) is 5.13 Å². The van der Waals surface area contributed by atoms with Gasteiger partial charge in [-0.3, -0.25) is 9.69 Å². The summed E-state index contributed by atoms with van der Waals surface area (Å²) in [6.45, 7) is 4.46. The van der Waals surface area contributed by atoms with Crippen molar-refractivity contribution in [2.24, 2.45) is 0 Å². The molecular weight excluding hydrogens is 402 g/mol. The van der Waals surface area contributed by atoms with E-state index in [0.717, 1.165) is 20.4 Å². The predicted octanol–water partition coefficient (Wildman–Crippen LogP) is 5.96. The lowest BCUT2D eigenvalue weighted by Gasteiger charge is -2.17. The molecular formula is C22H17N3O2S2. The highest BCUT2D eigenvalue weighted by Crippen LogP contribution is 2.33. The molecule has 2 aromatic carbocycles. The van der Waals surface area contributed by atoms with Crippen LogP contribution in [-0.4, -0.2) is 15.9 Å². The van der Waals surface area contributed by atoms with Gasteiger partial charge in [0.2, 0.25) is 0 Å². The van der Waals surface area contributed by atoms with Crippen molar-refractivity contribution in [1.82, 2.24) is 9.97 Å². The Hall–Kier alpha value is -3.03. The summed E-state index contributed by atoms with van der Waals surface area (Å²) in [4.78, 5) is 24.4. The van der Waals surface area contributed by atoms with Crippen LogP contribution in [0.1, 0.15) is 26.7 Å². The monoisotopic (exact) mass is 419 g/mol. The van der Waals surface area contributed by atoms with Crippen molar-refractivity contribution < 1.29 is 9.21 Å². The summed E-state index contributed by atoms with van der Waals surface area (Å²) in [6, 6.07) is 15.6. The Morgan fingerprint density at radius 1 is 0.966 bits per heavy atom. The van der Waals surface area contributed by atoms with Gasteiger partial charge in [0.05, 0.1) is 33.2 Å². The number of rotatable bonds is 4. The summed E-state index contributed by atoms with van der Waals surface area (Å²) >= 11 is 2.91. The van der Waals surface area contributed by atoms with Crippen molar-refractivity contribution in [2.45, 2.75) is 20.4 Å². The van der Waals surface area contributed by atoms with Gasteiger partial charge in [-0.05, 0) is 61.4 Å². The van der Waals surface area contributed by atoms with Crippen LogP contribution in [0.3, 0.4) is 0 Å². The zero-order chi connectivity index (χ0) is 20.0. The largest absolute Gasteiger partial charge is 0.467 e. The summed E-state index contributed by atoms with van der Waals surface area (Å²) in [5.74, 6) is 0.529. The van der Waals surface area contributed by atoms with E-state index >= 15 is 0 Å². The maximum absolute atomic E-state index is 13.5. The van der Waals surface area contributed by atoms with Gasteiger partial charge >= 0.3 is 0 Å². The van der Waals surface area contributed by atoms with E-state index in [1.165, 1.54) is 33.8 Å². The number of nitrogens with zero attached hydrogens (tertiary/aromatic N) is 3. The van der Waals surface area contributed by atoms with Crippen LogP contribution in [0.5, 0.6) is 0 Å². The summed E-state index contributed by atoms with van der Waals surface area (Å²) in [5, 5.41) is 1.09.